The van der Waals surface area contributed by atoms with Crippen molar-refractivity contribution >= 4 is 11.6 Å². The van der Waals surface area contributed by atoms with Gasteiger partial charge in [0.05, 0.1) is 0 Å². The third kappa shape index (κ3) is 3.15. The molecule has 0 aliphatic carbocycles. The minimum Gasteiger partial charge on any atom is -0.370 e. The van der Waals surface area contributed by atoms with Gasteiger partial charge in [0.2, 0.25) is 0 Å². The minimum absolute atomic E-state index is 0.492. The van der Waals surface area contributed by atoms with Gasteiger partial charge in [-0.15, -0.1) is 0 Å². The van der Waals surface area contributed by atoms with E-state index >= 15 is 0 Å². The molecule has 0 aromatic carbocycles. The zero-order valence-corrected chi connectivity index (χ0v) is 12.5. The summed E-state index contributed by atoms with van der Waals surface area (Å²) < 4.78 is 0. The van der Waals surface area contributed by atoms with E-state index in [1.54, 1.807) is 6.33 Å². The van der Waals surface area contributed by atoms with Gasteiger partial charge in [-0.2, -0.15) is 0 Å². The predicted molar refractivity (Wildman–Crippen MR) is 79.9 cm³/mol. The Labute approximate surface area is 116 Å². The van der Waals surface area contributed by atoms with E-state index in [1.807, 2.05) is 0 Å². The molecule has 1 aliphatic heterocycles. The highest BCUT2D eigenvalue weighted by Crippen LogP contribution is 2.25. The summed E-state index contributed by atoms with van der Waals surface area (Å²) in [4.78, 5) is 13.6. The quantitative estimate of drug-likeness (QED) is 0.896. The molecule has 1 aromatic rings. The van der Waals surface area contributed by atoms with Crippen molar-refractivity contribution in [2.24, 2.45) is 0 Å². The van der Waals surface area contributed by atoms with Gasteiger partial charge in [0, 0.05) is 37.8 Å². The van der Waals surface area contributed by atoms with Crippen LogP contribution in [0.3, 0.4) is 0 Å². The van der Waals surface area contributed by atoms with E-state index in [2.05, 4.69) is 52.9 Å². The van der Waals surface area contributed by atoms with Crippen LogP contribution in [0.1, 0.15) is 25.8 Å². The highest BCUT2D eigenvalue weighted by atomic mass is 15.3. The standard InChI is InChI=1S/C14H25N5/c1-5-6-15-13-12(3)14(17-10-16-13)19-8-7-18(4)9-11(19)2/h10-11H,5-9H2,1-4H3,(H,15,16,17). The fraction of sp³-hybridized carbons (Fsp3) is 0.714. The van der Waals surface area contributed by atoms with Crippen molar-refractivity contribution in [1.29, 1.82) is 0 Å². The van der Waals surface area contributed by atoms with Crippen LogP contribution in [0.4, 0.5) is 11.6 Å². The summed E-state index contributed by atoms with van der Waals surface area (Å²) in [6, 6.07) is 0.492. The summed E-state index contributed by atoms with van der Waals surface area (Å²) in [6.07, 6.45) is 2.77. The van der Waals surface area contributed by atoms with Crippen molar-refractivity contribution in [1.82, 2.24) is 14.9 Å². The average molecular weight is 263 g/mol. The Kier molecular flexibility index (Phi) is 4.58. The number of nitrogens with one attached hydrogen (secondary N) is 1. The number of aromatic nitrogens is 2. The lowest BCUT2D eigenvalue weighted by Gasteiger charge is -2.39. The number of anilines is 2. The van der Waals surface area contributed by atoms with Gasteiger partial charge < -0.3 is 15.1 Å². The first-order valence-electron chi connectivity index (χ1n) is 7.14. The molecule has 1 aliphatic rings. The fourth-order valence-corrected chi connectivity index (χ4v) is 2.61. The molecule has 1 atom stereocenters. The molecule has 0 bridgehead atoms. The van der Waals surface area contributed by atoms with Crippen LogP contribution in [0.5, 0.6) is 0 Å². The van der Waals surface area contributed by atoms with E-state index < -0.39 is 0 Å². The molecule has 19 heavy (non-hydrogen) atoms. The predicted octanol–water partition coefficient (Wildman–Crippen LogP) is 1.75. The second-order valence-electron chi connectivity index (χ2n) is 5.40. The lowest BCUT2D eigenvalue weighted by Crippen LogP contribution is -2.51. The summed E-state index contributed by atoms with van der Waals surface area (Å²) in [6.45, 7) is 10.7. The van der Waals surface area contributed by atoms with Crippen molar-refractivity contribution < 1.29 is 0 Å². The first-order chi connectivity index (χ1) is 9.13. The van der Waals surface area contributed by atoms with Crippen molar-refractivity contribution in [2.75, 3.05) is 43.4 Å². The number of likely N-dealkylation sites (N-methyl/N-ethyl adjacent to an activating group) is 1. The summed E-state index contributed by atoms with van der Waals surface area (Å²) >= 11 is 0. The van der Waals surface area contributed by atoms with E-state index in [4.69, 9.17) is 0 Å². The van der Waals surface area contributed by atoms with Gasteiger partial charge in [-0.3, -0.25) is 0 Å². The Morgan fingerprint density at radius 3 is 2.84 bits per heavy atom. The first kappa shape index (κ1) is 14.1. The monoisotopic (exact) mass is 263 g/mol. The van der Waals surface area contributed by atoms with E-state index in [-0.39, 0.29) is 0 Å². The van der Waals surface area contributed by atoms with Gasteiger partial charge >= 0.3 is 0 Å². The van der Waals surface area contributed by atoms with Gasteiger partial charge in [0.1, 0.15) is 18.0 Å². The van der Waals surface area contributed by atoms with Crippen molar-refractivity contribution in [3.63, 3.8) is 0 Å². The number of piperazine rings is 1. The SMILES string of the molecule is CCCNc1ncnc(N2CCN(C)CC2C)c1C. The highest BCUT2D eigenvalue weighted by molar-refractivity contribution is 5.58. The molecule has 1 fully saturated rings. The molecule has 1 N–H and O–H groups in total. The second kappa shape index (κ2) is 6.19. The maximum absolute atomic E-state index is 4.50. The molecule has 106 valence electrons. The highest BCUT2D eigenvalue weighted by Gasteiger charge is 2.24. The molecule has 5 heteroatoms. The lowest BCUT2D eigenvalue weighted by molar-refractivity contribution is 0.274. The Hall–Kier alpha value is -1.36. The number of rotatable bonds is 4. The van der Waals surface area contributed by atoms with Crippen LogP contribution in [0.15, 0.2) is 6.33 Å². The first-order valence-corrected chi connectivity index (χ1v) is 7.14. The van der Waals surface area contributed by atoms with Gasteiger partial charge in [-0.25, -0.2) is 9.97 Å². The molecule has 1 saturated heterocycles. The molecule has 5 nitrogen and oxygen atoms in total. The third-order valence-electron chi connectivity index (χ3n) is 3.70. The topological polar surface area (TPSA) is 44.3 Å². The molecule has 2 rings (SSSR count). The Balaban J connectivity index is 2.19. The van der Waals surface area contributed by atoms with Crippen LogP contribution in [-0.2, 0) is 0 Å². The third-order valence-corrected chi connectivity index (χ3v) is 3.70. The summed E-state index contributed by atoms with van der Waals surface area (Å²) in [5.41, 5.74) is 1.16. The Morgan fingerprint density at radius 1 is 1.37 bits per heavy atom. The van der Waals surface area contributed by atoms with Crippen LogP contribution < -0.4 is 10.2 Å². The Bertz CT molecular complexity index is 420. The van der Waals surface area contributed by atoms with Crippen molar-refractivity contribution in [3.05, 3.63) is 11.9 Å². The molecule has 0 amide bonds. The van der Waals surface area contributed by atoms with Crippen LogP contribution >= 0.6 is 0 Å². The van der Waals surface area contributed by atoms with Crippen molar-refractivity contribution in [2.45, 2.75) is 33.2 Å². The zero-order valence-electron chi connectivity index (χ0n) is 12.5. The maximum atomic E-state index is 4.50. The molecule has 1 aromatic heterocycles. The van der Waals surface area contributed by atoms with Crippen LogP contribution in [0.2, 0.25) is 0 Å². The van der Waals surface area contributed by atoms with E-state index in [1.165, 1.54) is 0 Å². The molecular weight excluding hydrogens is 238 g/mol. The maximum Gasteiger partial charge on any atom is 0.137 e. The van der Waals surface area contributed by atoms with Gasteiger partial charge in [-0.05, 0) is 27.3 Å². The fourth-order valence-electron chi connectivity index (χ4n) is 2.61. The molecule has 1 unspecified atom stereocenters. The smallest absolute Gasteiger partial charge is 0.137 e. The van der Waals surface area contributed by atoms with Gasteiger partial charge in [-0.1, -0.05) is 6.92 Å². The minimum atomic E-state index is 0.492. The van der Waals surface area contributed by atoms with E-state index in [0.717, 1.165) is 49.8 Å². The van der Waals surface area contributed by atoms with E-state index in [9.17, 15) is 0 Å². The normalized spacial score (nSPS) is 20.6. The summed E-state index contributed by atoms with van der Waals surface area (Å²) in [5, 5.41) is 3.38. The summed E-state index contributed by atoms with van der Waals surface area (Å²) in [5.74, 6) is 2.05. The lowest BCUT2D eigenvalue weighted by atomic mass is 10.1. The van der Waals surface area contributed by atoms with E-state index in [0.29, 0.717) is 6.04 Å². The number of hydrogen-bond donors (Lipinski definition) is 1. The van der Waals surface area contributed by atoms with Crippen LogP contribution in [0.25, 0.3) is 0 Å². The largest absolute Gasteiger partial charge is 0.370 e. The van der Waals surface area contributed by atoms with Gasteiger partial charge in [0.15, 0.2) is 0 Å². The Morgan fingerprint density at radius 2 is 2.16 bits per heavy atom. The average Bonchev–Trinajstić information content (AvgIpc) is 2.38. The molecule has 0 radical (unpaired) electrons. The summed E-state index contributed by atoms with van der Waals surface area (Å²) in [7, 11) is 2.18. The van der Waals surface area contributed by atoms with Crippen LogP contribution in [0, 0.1) is 6.92 Å². The number of nitrogens with zero attached hydrogens (tertiary/aromatic N) is 4. The molecule has 0 spiro atoms. The second-order valence-corrected chi connectivity index (χ2v) is 5.40. The van der Waals surface area contributed by atoms with Gasteiger partial charge in [0.25, 0.3) is 0 Å². The van der Waals surface area contributed by atoms with Crippen LogP contribution in [-0.4, -0.2) is 54.1 Å². The molecule has 2 heterocycles. The zero-order chi connectivity index (χ0) is 13.8. The molecular formula is C14H25N5. The van der Waals surface area contributed by atoms with Crippen molar-refractivity contribution in [3.8, 4) is 0 Å². The molecule has 0 saturated carbocycles. The number of hydrogen-bond acceptors (Lipinski definition) is 5.